The van der Waals surface area contributed by atoms with Gasteiger partial charge in [0, 0.05) is 50.4 Å². The number of aromatic amines is 1. The van der Waals surface area contributed by atoms with Crippen LogP contribution in [0.2, 0.25) is 0 Å². The van der Waals surface area contributed by atoms with E-state index in [-0.39, 0.29) is 5.69 Å². The van der Waals surface area contributed by atoms with Crippen molar-refractivity contribution in [2.75, 3.05) is 36.0 Å². The van der Waals surface area contributed by atoms with Crippen LogP contribution in [0, 0.1) is 24.6 Å². The third-order valence-corrected chi connectivity index (χ3v) is 5.41. The Morgan fingerprint density at radius 1 is 1.15 bits per heavy atom. The number of hydrogen-bond donors (Lipinski definition) is 1. The Hall–Kier alpha value is -2.97. The van der Waals surface area contributed by atoms with Crippen molar-refractivity contribution in [3.05, 3.63) is 46.5 Å². The third kappa shape index (κ3) is 2.27. The molecule has 1 N–H and O–H groups in total. The fourth-order valence-electron chi connectivity index (χ4n) is 4.13. The van der Waals surface area contributed by atoms with Gasteiger partial charge in [0.2, 0.25) is 11.8 Å². The number of fused-ring (bicyclic) bond motifs is 2. The van der Waals surface area contributed by atoms with E-state index >= 15 is 0 Å². The zero-order valence-electron chi connectivity index (χ0n) is 14.3. The van der Waals surface area contributed by atoms with Crippen molar-refractivity contribution in [1.29, 1.82) is 0 Å². The van der Waals surface area contributed by atoms with Crippen LogP contribution in [-0.2, 0) is 0 Å². The first kappa shape index (κ1) is 15.3. The van der Waals surface area contributed by atoms with Gasteiger partial charge in [-0.15, -0.1) is 0 Å². The summed E-state index contributed by atoms with van der Waals surface area (Å²) in [6.45, 7) is 4.88. The average Bonchev–Trinajstić information content (AvgIpc) is 3.32. The summed E-state index contributed by atoms with van der Waals surface area (Å²) < 4.78 is 15.4. The van der Waals surface area contributed by atoms with Crippen molar-refractivity contribution in [3.8, 4) is 0 Å². The van der Waals surface area contributed by atoms with Crippen LogP contribution in [0.4, 0.5) is 16.2 Å². The molecular formula is C17H18FN7O. The van der Waals surface area contributed by atoms with Crippen LogP contribution in [0.15, 0.2) is 29.5 Å². The number of nitrogens with zero attached hydrogens (tertiary/aromatic N) is 6. The second-order valence-electron chi connectivity index (χ2n) is 7.03. The fraction of sp³-hybridized carbons (Fsp3) is 0.412. The lowest BCUT2D eigenvalue weighted by molar-refractivity contribution is 0.533. The Morgan fingerprint density at radius 3 is 2.62 bits per heavy atom. The molecular weight excluding hydrogens is 337 g/mol. The predicted octanol–water partition coefficient (Wildman–Crippen LogP) is 0.833. The zero-order chi connectivity index (χ0) is 17.8. The maximum absolute atomic E-state index is 13.5. The third-order valence-electron chi connectivity index (χ3n) is 5.41. The lowest BCUT2D eigenvalue weighted by Gasteiger charge is -2.23. The van der Waals surface area contributed by atoms with Crippen LogP contribution in [0.25, 0.3) is 5.52 Å². The number of hydrogen-bond acceptors (Lipinski definition) is 6. The Morgan fingerprint density at radius 2 is 1.88 bits per heavy atom. The molecule has 0 bridgehead atoms. The lowest BCUT2D eigenvalue weighted by atomic mass is 10.0. The molecule has 3 aromatic rings. The van der Waals surface area contributed by atoms with Gasteiger partial charge in [-0.05, 0) is 13.0 Å². The molecule has 2 saturated heterocycles. The molecule has 134 valence electrons. The smallest absolute Gasteiger partial charge is 0.288 e. The zero-order valence-corrected chi connectivity index (χ0v) is 14.3. The molecule has 3 aromatic heterocycles. The summed E-state index contributed by atoms with van der Waals surface area (Å²) in [5.74, 6) is 1.52. The van der Waals surface area contributed by atoms with Gasteiger partial charge in [0.1, 0.15) is 5.52 Å². The fourth-order valence-corrected chi connectivity index (χ4v) is 4.13. The molecule has 2 aliphatic heterocycles. The van der Waals surface area contributed by atoms with Crippen LogP contribution < -0.4 is 15.4 Å². The van der Waals surface area contributed by atoms with E-state index < -0.39 is 11.4 Å². The summed E-state index contributed by atoms with van der Waals surface area (Å²) in [6, 6.07) is 1.97. The molecule has 0 radical (unpaired) electrons. The van der Waals surface area contributed by atoms with Gasteiger partial charge in [-0.2, -0.15) is 9.49 Å². The minimum atomic E-state index is -0.806. The molecule has 0 aliphatic carbocycles. The minimum Gasteiger partial charge on any atom is -0.354 e. The predicted molar refractivity (Wildman–Crippen MR) is 93.9 cm³/mol. The van der Waals surface area contributed by atoms with E-state index in [4.69, 9.17) is 0 Å². The molecule has 2 atom stereocenters. The van der Waals surface area contributed by atoms with E-state index in [1.807, 2.05) is 21.7 Å². The average molecular weight is 355 g/mol. The topological polar surface area (TPSA) is 82.4 Å². The molecule has 2 fully saturated rings. The molecule has 0 saturated carbocycles. The highest BCUT2D eigenvalue weighted by Gasteiger charge is 2.41. The standard InChI is InChI=1S/C17H18FN7O/c1-10-14(18)16(26)22-17(21-10)24-8-11-6-23(7-12(11)9-24)15-13-2-3-20-25(13)5-4-19-15/h2-5,11-12H,6-9H2,1H3,(H,21,22,26). The van der Waals surface area contributed by atoms with Crippen LogP contribution in [0.5, 0.6) is 0 Å². The highest BCUT2D eigenvalue weighted by Crippen LogP contribution is 2.35. The van der Waals surface area contributed by atoms with Gasteiger partial charge < -0.3 is 9.80 Å². The van der Waals surface area contributed by atoms with Gasteiger partial charge in [0.05, 0.1) is 11.9 Å². The van der Waals surface area contributed by atoms with E-state index in [9.17, 15) is 9.18 Å². The van der Waals surface area contributed by atoms with Gasteiger partial charge in [-0.25, -0.2) is 14.5 Å². The molecule has 5 heterocycles. The molecule has 9 heteroatoms. The maximum atomic E-state index is 13.5. The van der Waals surface area contributed by atoms with E-state index in [1.165, 1.54) is 6.92 Å². The lowest BCUT2D eigenvalue weighted by Crippen LogP contribution is -2.32. The Balaban J connectivity index is 1.37. The number of aryl methyl sites for hydroxylation is 1. The monoisotopic (exact) mass is 355 g/mol. The van der Waals surface area contributed by atoms with E-state index in [2.05, 4.69) is 25.0 Å². The number of rotatable bonds is 2. The SMILES string of the molecule is Cc1nc(N2CC3CN(c4nccn5nccc45)CC3C2)[nH]c(=O)c1F. The van der Waals surface area contributed by atoms with Crippen LogP contribution >= 0.6 is 0 Å². The highest BCUT2D eigenvalue weighted by molar-refractivity contribution is 5.68. The largest absolute Gasteiger partial charge is 0.354 e. The minimum absolute atomic E-state index is 0.138. The van der Waals surface area contributed by atoms with Gasteiger partial charge in [0.15, 0.2) is 5.82 Å². The number of anilines is 2. The second-order valence-corrected chi connectivity index (χ2v) is 7.03. The van der Waals surface area contributed by atoms with Gasteiger partial charge in [-0.1, -0.05) is 0 Å². The first-order chi connectivity index (χ1) is 12.6. The van der Waals surface area contributed by atoms with E-state index in [0.29, 0.717) is 17.8 Å². The van der Waals surface area contributed by atoms with Crippen LogP contribution in [0.1, 0.15) is 5.69 Å². The van der Waals surface area contributed by atoms with Crippen molar-refractivity contribution >= 4 is 17.3 Å². The second kappa shape index (κ2) is 5.52. The summed E-state index contributed by atoms with van der Waals surface area (Å²) >= 11 is 0. The van der Waals surface area contributed by atoms with Gasteiger partial charge >= 0.3 is 0 Å². The van der Waals surface area contributed by atoms with E-state index in [0.717, 1.165) is 37.5 Å². The number of nitrogens with one attached hydrogen (secondary N) is 1. The first-order valence-corrected chi connectivity index (χ1v) is 8.65. The summed E-state index contributed by atoms with van der Waals surface area (Å²) in [7, 11) is 0. The van der Waals surface area contributed by atoms with Crippen molar-refractivity contribution < 1.29 is 4.39 Å². The van der Waals surface area contributed by atoms with Crippen molar-refractivity contribution in [3.63, 3.8) is 0 Å². The first-order valence-electron chi connectivity index (χ1n) is 8.65. The van der Waals surface area contributed by atoms with E-state index in [1.54, 1.807) is 12.4 Å². The molecule has 2 aliphatic rings. The van der Waals surface area contributed by atoms with Crippen molar-refractivity contribution in [1.82, 2.24) is 24.6 Å². The number of H-pyrrole nitrogens is 1. The molecule has 0 aromatic carbocycles. The van der Waals surface area contributed by atoms with Gasteiger partial charge in [-0.3, -0.25) is 9.78 Å². The van der Waals surface area contributed by atoms with Crippen LogP contribution in [0.3, 0.4) is 0 Å². The highest BCUT2D eigenvalue weighted by atomic mass is 19.1. The molecule has 8 nitrogen and oxygen atoms in total. The Labute approximate surface area is 148 Å². The van der Waals surface area contributed by atoms with Crippen molar-refractivity contribution in [2.45, 2.75) is 6.92 Å². The number of halogens is 1. The molecule has 26 heavy (non-hydrogen) atoms. The normalized spacial score (nSPS) is 22.4. The van der Waals surface area contributed by atoms with Crippen molar-refractivity contribution in [2.24, 2.45) is 11.8 Å². The van der Waals surface area contributed by atoms with Crippen LogP contribution in [-0.4, -0.2) is 50.7 Å². The molecule has 0 amide bonds. The maximum Gasteiger partial charge on any atom is 0.288 e. The van der Waals surface area contributed by atoms with Gasteiger partial charge in [0.25, 0.3) is 5.56 Å². The molecule has 5 rings (SSSR count). The summed E-state index contributed by atoms with van der Waals surface area (Å²) in [5, 5.41) is 4.27. The summed E-state index contributed by atoms with van der Waals surface area (Å²) in [6.07, 6.45) is 5.39. The number of aromatic nitrogens is 5. The summed E-state index contributed by atoms with van der Waals surface area (Å²) in [5.41, 5.74) is 0.436. The Bertz CT molecular complexity index is 1030. The Kier molecular flexibility index (Phi) is 3.25. The molecule has 0 spiro atoms. The quantitative estimate of drug-likeness (QED) is 0.733. The summed E-state index contributed by atoms with van der Waals surface area (Å²) in [4.78, 5) is 27.3. The molecule has 2 unspecified atom stereocenters.